The summed E-state index contributed by atoms with van der Waals surface area (Å²) in [5.74, 6) is 0. The van der Waals surface area contributed by atoms with E-state index in [-0.39, 0.29) is 11.5 Å². The summed E-state index contributed by atoms with van der Waals surface area (Å²) in [5.41, 5.74) is -0.474. The van der Waals surface area contributed by atoms with E-state index in [1.165, 1.54) is 17.4 Å². The van der Waals surface area contributed by atoms with Crippen molar-refractivity contribution in [1.82, 2.24) is 4.72 Å². The zero-order valence-electron chi connectivity index (χ0n) is 10.5. The Labute approximate surface area is 125 Å². The Morgan fingerprint density at radius 2 is 2.16 bits per heavy atom. The van der Waals surface area contributed by atoms with Crippen LogP contribution in [0.15, 0.2) is 14.7 Å². The van der Waals surface area contributed by atoms with Crippen molar-refractivity contribution in [3.63, 3.8) is 0 Å². The SMILES string of the molecule is CC1(NS(=O)(=O)c2cc(CO)sc2Br)CCOCC1. The Balaban J connectivity index is 2.24. The van der Waals surface area contributed by atoms with Crippen molar-refractivity contribution in [3.05, 3.63) is 14.7 Å². The zero-order valence-corrected chi connectivity index (χ0v) is 13.7. The first-order chi connectivity index (χ1) is 8.86. The molecule has 1 aromatic heterocycles. The van der Waals surface area contributed by atoms with E-state index in [2.05, 4.69) is 20.7 Å². The Kier molecular flexibility index (Phi) is 4.69. The molecular weight excluding hydrogens is 354 g/mol. The lowest BCUT2D eigenvalue weighted by Crippen LogP contribution is -2.49. The molecular formula is C11H16BrNO4S2. The summed E-state index contributed by atoms with van der Waals surface area (Å²) in [4.78, 5) is 0.804. The van der Waals surface area contributed by atoms with E-state index in [0.29, 0.717) is 34.7 Å². The first-order valence-electron chi connectivity index (χ1n) is 5.87. The number of aliphatic hydroxyl groups excluding tert-OH is 1. The predicted molar refractivity (Wildman–Crippen MR) is 76.7 cm³/mol. The van der Waals surface area contributed by atoms with Crippen molar-refractivity contribution in [3.8, 4) is 0 Å². The monoisotopic (exact) mass is 369 g/mol. The minimum absolute atomic E-state index is 0.163. The molecule has 0 unspecified atom stereocenters. The molecule has 1 aliphatic rings. The highest BCUT2D eigenvalue weighted by molar-refractivity contribution is 9.11. The molecule has 2 N–H and O–H groups in total. The molecule has 0 radical (unpaired) electrons. The summed E-state index contributed by atoms with van der Waals surface area (Å²) in [6.07, 6.45) is 1.31. The summed E-state index contributed by atoms with van der Waals surface area (Å²) in [6.45, 7) is 2.85. The maximum atomic E-state index is 12.4. The van der Waals surface area contributed by atoms with Crippen LogP contribution in [0.2, 0.25) is 0 Å². The number of hydrogen-bond acceptors (Lipinski definition) is 5. The second-order valence-electron chi connectivity index (χ2n) is 4.79. The first-order valence-corrected chi connectivity index (χ1v) is 8.96. The summed E-state index contributed by atoms with van der Waals surface area (Å²) >= 11 is 4.46. The van der Waals surface area contributed by atoms with Gasteiger partial charge in [0.1, 0.15) is 4.90 Å². The van der Waals surface area contributed by atoms with Gasteiger partial charge in [0.2, 0.25) is 10.0 Å². The Morgan fingerprint density at radius 3 is 2.68 bits per heavy atom. The molecule has 0 aromatic carbocycles. The molecule has 1 saturated heterocycles. The Hall–Kier alpha value is 0.01000. The largest absolute Gasteiger partial charge is 0.391 e. The highest BCUT2D eigenvalue weighted by Gasteiger charge is 2.33. The van der Waals surface area contributed by atoms with E-state index in [1.807, 2.05) is 6.92 Å². The maximum Gasteiger partial charge on any atom is 0.243 e. The Bertz CT molecular complexity index is 549. The highest BCUT2D eigenvalue weighted by atomic mass is 79.9. The second kappa shape index (κ2) is 5.79. The second-order valence-corrected chi connectivity index (χ2v) is 8.89. The van der Waals surface area contributed by atoms with Crippen molar-refractivity contribution in [1.29, 1.82) is 0 Å². The molecule has 0 spiro atoms. The molecule has 1 fully saturated rings. The molecule has 0 atom stereocenters. The van der Waals surface area contributed by atoms with Crippen LogP contribution in [-0.2, 0) is 21.4 Å². The van der Waals surface area contributed by atoms with E-state index >= 15 is 0 Å². The fourth-order valence-electron chi connectivity index (χ4n) is 1.96. The Morgan fingerprint density at radius 1 is 1.53 bits per heavy atom. The molecule has 1 aliphatic heterocycles. The van der Waals surface area contributed by atoms with Crippen molar-refractivity contribution >= 4 is 37.3 Å². The fraction of sp³-hybridized carbons (Fsp3) is 0.636. The number of ether oxygens (including phenoxy) is 1. The van der Waals surface area contributed by atoms with Crippen molar-refractivity contribution in [2.45, 2.75) is 36.8 Å². The topological polar surface area (TPSA) is 75.6 Å². The van der Waals surface area contributed by atoms with Gasteiger partial charge in [-0.05, 0) is 41.8 Å². The fourth-order valence-corrected chi connectivity index (χ4v) is 5.97. The van der Waals surface area contributed by atoms with E-state index in [4.69, 9.17) is 9.84 Å². The van der Waals surface area contributed by atoms with E-state index in [1.54, 1.807) is 0 Å². The minimum atomic E-state index is -3.59. The third-order valence-electron chi connectivity index (χ3n) is 3.13. The van der Waals surface area contributed by atoms with Gasteiger partial charge < -0.3 is 9.84 Å². The molecule has 2 heterocycles. The van der Waals surface area contributed by atoms with Gasteiger partial charge in [-0.3, -0.25) is 0 Å². The average molecular weight is 370 g/mol. The van der Waals surface area contributed by atoms with Crippen molar-refractivity contribution in [2.24, 2.45) is 0 Å². The van der Waals surface area contributed by atoms with Gasteiger partial charge in [0.15, 0.2) is 0 Å². The van der Waals surface area contributed by atoms with Crippen LogP contribution in [0.25, 0.3) is 0 Å². The third kappa shape index (κ3) is 3.56. The smallest absolute Gasteiger partial charge is 0.243 e. The molecule has 8 heteroatoms. The van der Waals surface area contributed by atoms with Gasteiger partial charge in [-0.25, -0.2) is 13.1 Å². The molecule has 19 heavy (non-hydrogen) atoms. The van der Waals surface area contributed by atoms with Crippen molar-refractivity contribution in [2.75, 3.05) is 13.2 Å². The van der Waals surface area contributed by atoms with Gasteiger partial charge in [0.25, 0.3) is 0 Å². The highest BCUT2D eigenvalue weighted by Crippen LogP contribution is 2.33. The van der Waals surface area contributed by atoms with Crippen LogP contribution in [0.4, 0.5) is 0 Å². The molecule has 5 nitrogen and oxygen atoms in total. The average Bonchev–Trinajstić information content (AvgIpc) is 2.71. The number of rotatable bonds is 4. The molecule has 2 rings (SSSR count). The quantitative estimate of drug-likeness (QED) is 0.848. The summed E-state index contributed by atoms with van der Waals surface area (Å²) in [5, 5.41) is 9.07. The molecule has 0 saturated carbocycles. The molecule has 0 amide bonds. The van der Waals surface area contributed by atoms with Crippen LogP contribution in [0.5, 0.6) is 0 Å². The third-order valence-corrected chi connectivity index (χ3v) is 7.00. The van der Waals surface area contributed by atoms with Crippen LogP contribution < -0.4 is 4.72 Å². The summed E-state index contributed by atoms with van der Waals surface area (Å²) in [7, 11) is -3.59. The van der Waals surface area contributed by atoms with Crippen LogP contribution in [-0.4, -0.2) is 32.3 Å². The number of aliphatic hydroxyl groups is 1. The molecule has 1 aromatic rings. The minimum Gasteiger partial charge on any atom is -0.391 e. The normalized spacial score (nSPS) is 19.5. The molecule has 0 bridgehead atoms. The van der Waals surface area contributed by atoms with Gasteiger partial charge in [-0.2, -0.15) is 0 Å². The first kappa shape index (κ1) is 15.4. The summed E-state index contributed by atoms with van der Waals surface area (Å²) in [6, 6.07) is 1.50. The van der Waals surface area contributed by atoms with Gasteiger partial charge >= 0.3 is 0 Å². The van der Waals surface area contributed by atoms with Gasteiger partial charge in [-0.1, -0.05) is 0 Å². The van der Waals surface area contributed by atoms with E-state index in [0.717, 1.165) is 0 Å². The lowest BCUT2D eigenvalue weighted by molar-refractivity contribution is 0.0537. The van der Waals surface area contributed by atoms with Crippen LogP contribution >= 0.6 is 27.3 Å². The zero-order chi connectivity index (χ0) is 14.1. The number of sulfonamides is 1. The predicted octanol–water partition coefficient (Wildman–Crippen LogP) is 1.85. The van der Waals surface area contributed by atoms with Gasteiger partial charge in [0.05, 0.1) is 10.4 Å². The number of nitrogens with one attached hydrogen (secondary N) is 1. The van der Waals surface area contributed by atoms with Crippen LogP contribution in [0, 0.1) is 0 Å². The van der Waals surface area contributed by atoms with Gasteiger partial charge in [0, 0.05) is 23.6 Å². The number of thiophene rings is 1. The van der Waals surface area contributed by atoms with Crippen molar-refractivity contribution < 1.29 is 18.3 Å². The molecule has 0 aliphatic carbocycles. The molecule has 108 valence electrons. The lowest BCUT2D eigenvalue weighted by Gasteiger charge is -2.33. The van der Waals surface area contributed by atoms with E-state index in [9.17, 15) is 8.42 Å². The lowest BCUT2D eigenvalue weighted by atomic mass is 9.94. The van der Waals surface area contributed by atoms with Crippen LogP contribution in [0.1, 0.15) is 24.6 Å². The maximum absolute atomic E-state index is 12.4. The van der Waals surface area contributed by atoms with Crippen LogP contribution in [0.3, 0.4) is 0 Å². The summed E-state index contributed by atoms with van der Waals surface area (Å²) < 4.78 is 33.3. The number of halogens is 1. The number of hydrogen-bond donors (Lipinski definition) is 2. The standard InChI is InChI=1S/C11H16BrNO4S2/c1-11(2-4-17-5-3-11)13-19(15,16)9-6-8(7-14)18-10(9)12/h6,13-14H,2-5,7H2,1H3. The van der Waals surface area contributed by atoms with E-state index < -0.39 is 15.6 Å². The van der Waals surface area contributed by atoms with Gasteiger partial charge in [-0.15, -0.1) is 11.3 Å².